The van der Waals surface area contributed by atoms with E-state index in [4.69, 9.17) is 4.74 Å². The van der Waals surface area contributed by atoms with Crippen LogP contribution < -0.4 is 9.64 Å². The number of benzene rings is 1. The first kappa shape index (κ1) is 17.0. The molecule has 1 aromatic rings. The van der Waals surface area contributed by atoms with Gasteiger partial charge in [-0.25, -0.2) is 0 Å². The number of hydrogen-bond donors (Lipinski definition) is 0. The molecule has 23 heavy (non-hydrogen) atoms. The molecule has 1 heterocycles. The highest BCUT2D eigenvalue weighted by Crippen LogP contribution is 2.35. The van der Waals surface area contributed by atoms with Gasteiger partial charge in [-0.3, -0.25) is 19.3 Å². The van der Waals surface area contributed by atoms with E-state index in [1.165, 1.54) is 9.80 Å². The minimum absolute atomic E-state index is 0.0141. The van der Waals surface area contributed by atoms with E-state index in [9.17, 15) is 14.4 Å². The molecule has 1 unspecified atom stereocenters. The van der Waals surface area contributed by atoms with Crippen molar-refractivity contribution < 1.29 is 19.1 Å². The Labute approximate surface area is 136 Å². The van der Waals surface area contributed by atoms with Crippen molar-refractivity contribution >= 4 is 23.3 Å². The molecule has 2 amide bonds. The Morgan fingerprint density at radius 3 is 2.61 bits per heavy atom. The molecular formula is C17H22N2O4. The van der Waals surface area contributed by atoms with Crippen LogP contribution in [0.5, 0.6) is 5.75 Å². The smallest absolute Gasteiger partial charge is 0.268 e. The Morgan fingerprint density at radius 1 is 1.30 bits per heavy atom. The maximum absolute atomic E-state index is 12.4. The average Bonchev–Trinajstić information content (AvgIpc) is 2.51. The second-order valence-electron chi connectivity index (χ2n) is 5.83. The number of ether oxygens (including phenoxy) is 1. The number of fused-ring (bicyclic) bond motifs is 1. The predicted octanol–water partition coefficient (Wildman–Crippen LogP) is 1.87. The van der Waals surface area contributed by atoms with Crippen molar-refractivity contribution in [2.24, 2.45) is 0 Å². The molecule has 0 aromatic heterocycles. The number of likely N-dealkylation sites (N-methyl/N-ethyl adjacent to an activating group) is 1. The molecule has 6 heteroatoms. The second-order valence-corrected chi connectivity index (χ2v) is 5.83. The summed E-state index contributed by atoms with van der Waals surface area (Å²) in [5, 5.41) is 0. The van der Waals surface area contributed by atoms with Gasteiger partial charge in [0.15, 0.2) is 11.9 Å². The molecule has 0 saturated heterocycles. The Morgan fingerprint density at radius 2 is 2.00 bits per heavy atom. The second kappa shape index (κ2) is 6.81. The summed E-state index contributed by atoms with van der Waals surface area (Å²) in [4.78, 5) is 39.3. The fourth-order valence-electron chi connectivity index (χ4n) is 2.39. The largest absolute Gasteiger partial charge is 0.479 e. The molecule has 0 fully saturated rings. The van der Waals surface area contributed by atoms with E-state index in [-0.39, 0.29) is 24.1 Å². The van der Waals surface area contributed by atoms with Crippen molar-refractivity contribution in [3.8, 4) is 5.75 Å². The van der Waals surface area contributed by atoms with E-state index in [1.807, 2.05) is 6.92 Å². The van der Waals surface area contributed by atoms with Gasteiger partial charge in [0.25, 0.3) is 5.91 Å². The lowest BCUT2D eigenvalue weighted by atomic mass is 10.0. The molecule has 0 aliphatic carbocycles. The molecule has 0 bridgehead atoms. The monoisotopic (exact) mass is 318 g/mol. The van der Waals surface area contributed by atoms with Crippen molar-refractivity contribution in [1.29, 1.82) is 0 Å². The predicted molar refractivity (Wildman–Crippen MR) is 86.8 cm³/mol. The number of Topliss-reactive ketones (excluding diaryl/α,β-unsaturated/α-hetero) is 1. The van der Waals surface area contributed by atoms with Crippen molar-refractivity contribution in [2.45, 2.75) is 32.8 Å². The number of amides is 2. The van der Waals surface area contributed by atoms with Crippen LogP contribution in [0.1, 0.15) is 37.0 Å². The highest BCUT2D eigenvalue weighted by Gasteiger charge is 2.33. The fourth-order valence-corrected chi connectivity index (χ4v) is 2.39. The van der Waals surface area contributed by atoms with Crippen LogP contribution in [-0.2, 0) is 9.59 Å². The normalized spacial score (nSPS) is 16.6. The van der Waals surface area contributed by atoms with Gasteiger partial charge in [0.05, 0.1) is 5.69 Å². The highest BCUT2D eigenvalue weighted by molar-refractivity contribution is 6.05. The standard InChI is InChI=1S/C17H22N2O4/c1-5-6-14(20)12-7-8-15-13(9-12)19(10-16(21)18(3)4)17(22)11(2)23-15/h7-9,11H,5-6,10H2,1-4H3. The first-order valence-corrected chi connectivity index (χ1v) is 7.70. The Kier molecular flexibility index (Phi) is 5.03. The fraction of sp³-hybridized carbons (Fsp3) is 0.471. The maximum Gasteiger partial charge on any atom is 0.268 e. The van der Waals surface area contributed by atoms with Gasteiger partial charge in [0.2, 0.25) is 5.91 Å². The van der Waals surface area contributed by atoms with E-state index < -0.39 is 6.10 Å². The van der Waals surface area contributed by atoms with Gasteiger partial charge < -0.3 is 9.64 Å². The minimum Gasteiger partial charge on any atom is -0.479 e. The summed E-state index contributed by atoms with van der Waals surface area (Å²) < 4.78 is 5.58. The molecular weight excluding hydrogens is 296 g/mol. The molecule has 1 atom stereocenters. The molecule has 1 aromatic carbocycles. The third-order valence-electron chi connectivity index (χ3n) is 3.76. The number of rotatable bonds is 5. The Bertz CT molecular complexity index is 639. The van der Waals surface area contributed by atoms with Gasteiger partial charge in [-0.2, -0.15) is 0 Å². The van der Waals surface area contributed by atoms with Gasteiger partial charge in [-0.15, -0.1) is 0 Å². The topological polar surface area (TPSA) is 66.9 Å². The first-order valence-electron chi connectivity index (χ1n) is 7.70. The van der Waals surface area contributed by atoms with Gasteiger partial charge in [0.1, 0.15) is 12.3 Å². The maximum atomic E-state index is 12.4. The summed E-state index contributed by atoms with van der Waals surface area (Å²) in [6, 6.07) is 5.03. The minimum atomic E-state index is -0.658. The molecule has 124 valence electrons. The number of anilines is 1. The van der Waals surface area contributed by atoms with Crippen LogP contribution in [0.3, 0.4) is 0 Å². The number of carbonyl (C=O) groups excluding carboxylic acids is 3. The molecule has 1 aliphatic heterocycles. The Hall–Kier alpha value is -2.37. The van der Waals surface area contributed by atoms with E-state index >= 15 is 0 Å². The summed E-state index contributed by atoms with van der Waals surface area (Å²) in [5.41, 5.74) is 1.00. The SMILES string of the molecule is CCCC(=O)c1ccc2c(c1)N(CC(=O)N(C)C)C(=O)C(C)O2. The van der Waals surface area contributed by atoms with E-state index in [1.54, 1.807) is 39.2 Å². The summed E-state index contributed by atoms with van der Waals surface area (Å²) in [7, 11) is 3.28. The highest BCUT2D eigenvalue weighted by atomic mass is 16.5. The van der Waals surface area contributed by atoms with E-state index in [0.717, 1.165) is 6.42 Å². The first-order chi connectivity index (χ1) is 10.8. The zero-order chi connectivity index (χ0) is 17.1. The zero-order valence-corrected chi connectivity index (χ0v) is 14.0. The molecule has 1 aliphatic rings. The van der Waals surface area contributed by atoms with E-state index in [0.29, 0.717) is 23.4 Å². The molecule has 2 rings (SSSR count). The lowest BCUT2D eigenvalue weighted by Crippen LogP contribution is -2.48. The lowest BCUT2D eigenvalue weighted by molar-refractivity contribution is -0.131. The summed E-state index contributed by atoms with van der Waals surface area (Å²) in [6.45, 7) is 3.51. The number of ketones is 1. The van der Waals surface area contributed by atoms with Crippen LogP contribution in [0, 0.1) is 0 Å². The number of carbonyl (C=O) groups is 3. The third-order valence-corrected chi connectivity index (χ3v) is 3.76. The summed E-state index contributed by atoms with van der Waals surface area (Å²) >= 11 is 0. The quantitative estimate of drug-likeness (QED) is 0.777. The van der Waals surface area contributed by atoms with Crippen molar-refractivity contribution in [1.82, 2.24) is 4.90 Å². The molecule has 0 spiro atoms. The van der Waals surface area contributed by atoms with E-state index in [2.05, 4.69) is 0 Å². The molecule has 0 radical (unpaired) electrons. The van der Waals surface area contributed by atoms with Crippen LogP contribution >= 0.6 is 0 Å². The summed E-state index contributed by atoms with van der Waals surface area (Å²) in [6.07, 6.45) is 0.543. The third kappa shape index (κ3) is 3.52. The van der Waals surface area contributed by atoms with Crippen molar-refractivity contribution in [3.05, 3.63) is 23.8 Å². The van der Waals surface area contributed by atoms with Gasteiger partial charge in [-0.1, -0.05) is 6.92 Å². The summed E-state index contributed by atoms with van der Waals surface area (Å²) in [5.74, 6) is 0.0495. The number of hydrogen-bond acceptors (Lipinski definition) is 4. The van der Waals surface area contributed by atoms with Gasteiger partial charge in [-0.05, 0) is 31.5 Å². The number of nitrogens with zero attached hydrogens (tertiary/aromatic N) is 2. The molecule has 6 nitrogen and oxygen atoms in total. The van der Waals surface area contributed by atoms with Crippen LogP contribution in [-0.4, -0.2) is 49.2 Å². The molecule has 0 saturated carbocycles. The van der Waals surface area contributed by atoms with Crippen LogP contribution in [0.15, 0.2) is 18.2 Å². The molecule has 0 N–H and O–H groups in total. The van der Waals surface area contributed by atoms with Crippen LogP contribution in [0.25, 0.3) is 0 Å². The van der Waals surface area contributed by atoms with Crippen molar-refractivity contribution in [2.75, 3.05) is 25.5 Å². The van der Waals surface area contributed by atoms with Crippen molar-refractivity contribution in [3.63, 3.8) is 0 Å². The van der Waals surface area contributed by atoms with Crippen LogP contribution in [0.4, 0.5) is 5.69 Å². The van der Waals surface area contributed by atoms with Gasteiger partial charge in [0, 0.05) is 26.1 Å². The van der Waals surface area contributed by atoms with Crippen LogP contribution in [0.2, 0.25) is 0 Å². The van der Waals surface area contributed by atoms with Gasteiger partial charge >= 0.3 is 0 Å². The lowest BCUT2D eigenvalue weighted by Gasteiger charge is -2.33. The Balaban J connectivity index is 2.40. The zero-order valence-electron chi connectivity index (χ0n) is 14.0. The average molecular weight is 318 g/mol.